The highest BCUT2D eigenvalue weighted by Crippen LogP contribution is 2.43. The standard InChI is InChI=1S/C21H25N3O3/c1-27-19-9-5-8-18(22-19)12-23-10-17-11-24(14-21(17,13-23)15-25)20(26)16-6-3-2-4-7-16/h2-9,17,25H,10-15H2,1H3/t17-,21+/m0/s1. The Morgan fingerprint density at radius 2 is 2.00 bits per heavy atom. The number of fused-ring (bicyclic) bond motifs is 1. The van der Waals surface area contributed by atoms with Crippen molar-refractivity contribution in [1.82, 2.24) is 14.8 Å². The van der Waals surface area contributed by atoms with Crippen molar-refractivity contribution >= 4 is 5.91 Å². The Kier molecular flexibility index (Phi) is 4.85. The number of aromatic nitrogens is 1. The lowest BCUT2D eigenvalue weighted by molar-refractivity contribution is 0.0718. The van der Waals surface area contributed by atoms with Gasteiger partial charge in [0.05, 0.1) is 19.4 Å². The summed E-state index contributed by atoms with van der Waals surface area (Å²) in [6.07, 6.45) is 0. The van der Waals surface area contributed by atoms with Gasteiger partial charge in [0.1, 0.15) is 0 Å². The molecular weight excluding hydrogens is 342 g/mol. The summed E-state index contributed by atoms with van der Waals surface area (Å²) in [7, 11) is 1.62. The maximum absolute atomic E-state index is 12.8. The van der Waals surface area contributed by atoms with Gasteiger partial charge in [-0.25, -0.2) is 4.98 Å². The molecule has 0 bridgehead atoms. The number of hydrogen-bond acceptors (Lipinski definition) is 5. The molecule has 2 aromatic rings. The summed E-state index contributed by atoms with van der Waals surface area (Å²) >= 11 is 0. The van der Waals surface area contributed by atoms with E-state index >= 15 is 0 Å². The number of aliphatic hydroxyl groups is 1. The van der Waals surface area contributed by atoms with Crippen molar-refractivity contribution in [2.75, 3.05) is 39.9 Å². The van der Waals surface area contributed by atoms with E-state index in [0.29, 0.717) is 24.5 Å². The maximum Gasteiger partial charge on any atom is 0.253 e. The van der Waals surface area contributed by atoms with Crippen LogP contribution in [0, 0.1) is 11.3 Å². The number of amides is 1. The number of rotatable bonds is 5. The zero-order chi connectivity index (χ0) is 18.9. The van der Waals surface area contributed by atoms with Crippen molar-refractivity contribution in [3.05, 3.63) is 59.8 Å². The first-order chi connectivity index (χ1) is 13.1. The molecule has 6 nitrogen and oxygen atoms in total. The van der Waals surface area contributed by atoms with Crippen molar-refractivity contribution in [3.8, 4) is 5.88 Å². The van der Waals surface area contributed by atoms with E-state index in [1.807, 2.05) is 53.4 Å². The smallest absolute Gasteiger partial charge is 0.253 e. The van der Waals surface area contributed by atoms with Gasteiger partial charge >= 0.3 is 0 Å². The predicted octanol–water partition coefficient (Wildman–Crippen LogP) is 1.66. The Labute approximate surface area is 159 Å². The molecule has 3 heterocycles. The van der Waals surface area contributed by atoms with Crippen LogP contribution in [-0.2, 0) is 6.54 Å². The van der Waals surface area contributed by atoms with Crippen molar-refractivity contribution in [2.45, 2.75) is 6.54 Å². The Balaban J connectivity index is 1.44. The number of carbonyl (C=O) groups excluding carboxylic acids is 1. The van der Waals surface area contributed by atoms with Gasteiger partial charge in [0.2, 0.25) is 5.88 Å². The highest BCUT2D eigenvalue weighted by Gasteiger charge is 2.53. The Bertz CT molecular complexity index is 813. The molecule has 2 saturated heterocycles. The quantitative estimate of drug-likeness (QED) is 0.871. The first kappa shape index (κ1) is 17.9. The lowest BCUT2D eigenvalue weighted by Gasteiger charge is -2.27. The van der Waals surface area contributed by atoms with Gasteiger partial charge in [-0.15, -0.1) is 0 Å². The first-order valence-corrected chi connectivity index (χ1v) is 9.31. The molecule has 1 amide bonds. The average molecular weight is 367 g/mol. The molecular formula is C21H25N3O3. The fourth-order valence-corrected chi connectivity index (χ4v) is 4.44. The Morgan fingerprint density at radius 3 is 2.70 bits per heavy atom. The molecule has 1 aromatic heterocycles. The van der Waals surface area contributed by atoms with Gasteiger partial charge in [-0.3, -0.25) is 9.69 Å². The topological polar surface area (TPSA) is 65.9 Å². The van der Waals surface area contributed by atoms with Gasteiger partial charge in [0, 0.05) is 49.8 Å². The summed E-state index contributed by atoms with van der Waals surface area (Å²) in [5.74, 6) is 0.947. The molecule has 1 N–H and O–H groups in total. The minimum absolute atomic E-state index is 0.0545. The molecule has 0 saturated carbocycles. The fraction of sp³-hybridized carbons (Fsp3) is 0.429. The third-order valence-corrected chi connectivity index (χ3v) is 5.83. The van der Waals surface area contributed by atoms with Crippen LogP contribution < -0.4 is 4.74 Å². The molecule has 0 unspecified atom stereocenters. The summed E-state index contributed by atoms with van der Waals surface area (Å²) in [6.45, 7) is 3.74. The number of benzene rings is 1. The van der Waals surface area contributed by atoms with Gasteiger partial charge in [-0.1, -0.05) is 24.3 Å². The van der Waals surface area contributed by atoms with E-state index in [0.717, 1.165) is 25.3 Å². The van der Waals surface area contributed by atoms with Crippen molar-refractivity contribution < 1.29 is 14.6 Å². The lowest BCUT2D eigenvalue weighted by atomic mass is 9.82. The number of carbonyl (C=O) groups is 1. The number of hydrogen-bond donors (Lipinski definition) is 1. The van der Waals surface area contributed by atoms with Crippen LogP contribution >= 0.6 is 0 Å². The summed E-state index contributed by atoms with van der Waals surface area (Å²) in [5.41, 5.74) is 1.42. The third-order valence-electron chi connectivity index (χ3n) is 5.83. The third kappa shape index (κ3) is 3.42. The summed E-state index contributed by atoms with van der Waals surface area (Å²) < 4.78 is 5.20. The number of aliphatic hydroxyl groups excluding tert-OH is 1. The molecule has 2 atom stereocenters. The van der Waals surface area contributed by atoms with Crippen LogP contribution in [0.2, 0.25) is 0 Å². The number of methoxy groups -OCH3 is 1. The highest BCUT2D eigenvalue weighted by atomic mass is 16.5. The van der Waals surface area contributed by atoms with Crippen LogP contribution in [0.4, 0.5) is 0 Å². The van der Waals surface area contributed by atoms with Crippen LogP contribution in [0.25, 0.3) is 0 Å². The summed E-state index contributed by atoms with van der Waals surface area (Å²) in [4.78, 5) is 21.5. The second-order valence-corrected chi connectivity index (χ2v) is 7.61. The molecule has 6 heteroatoms. The zero-order valence-corrected chi connectivity index (χ0v) is 15.5. The van der Waals surface area contributed by atoms with E-state index in [-0.39, 0.29) is 23.8 Å². The van der Waals surface area contributed by atoms with E-state index in [9.17, 15) is 9.90 Å². The number of ether oxygens (including phenoxy) is 1. The molecule has 0 spiro atoms. The minimum Gasteiger partial charge on any atom is -0.481 e. The number of likely N-dealkylation sites (tertiary alicyclic amines) is 2. The fourth-order valence-electron chi connectivity index (χ4n) is 4.44. The highest BCUT2D eigenvalue weighted by molar-refractivity contribution is 5.94. The molecule has 27 heavy (non-hydrogen) atoms. The molecule has 0 radical (unpaired) electrons. The Hall–Kier alpha value is -2.44. The van der Waals surface area contributed by atoms with E-state index in [1.165, 1.54) is 0 Å². The van der Waals surface area contributed by atoms with E-state index in [1.54, 1.807) is 7.11 Å². The zero-order valence-electron chi connectivity index (χ0n) is 15.5. The average Bonchev–Trinajstić information content (AvgIpc) is 3.22. The molecule has 1 aromatic carbocycles. The normalized spacial score (nSPS) is 24.8. The summed E-state index contributed by atoms with van der Waals surface area (Å²) in [6, 6.07) is 15.2. The van der Waals surface area contributed by atoms with Crippen LogP contribution in [0.15, 0.2) is 48.5 Å². The predicted molar refractivity (Wildman–Crippen MR) is 101 cm³/mol. The van der Waals surface area contributed by atoms with Gasteiger partial charge in [-0.05, 0) is 24.1 Å². The molecule has 2 fully saturated rings. The molecule has 2 aliphatic heterocycles. The van der Waals surface area contributed by atoms with Gasteiger partial charge in [0.15, 0.2) is 0 Å². The van der Waals surface area contributed by atoms with E-state index in [4.69, 9.17) is 4.74 Å². The second-order valence-electron chi connectivity index (χ2n) is 7.61. The van der Waals surface area contributed by atoms with Crippen molar-refractivity contribution in [2.24, 2.45) is 11.3 Å². The Morgan fingerprint density at radius 1 is 1.19 bits per heavy atom. The molecule has 2 aliphatic rings. The number of nitrogens with zero attached hydrogens (tertiary/aromatic N) is 3. The van der Waals surface area contributed by atoms with Crippen molar-refractivity contribution in [1.29, 1.82) is 0 Å². The summed E-state index contributed by atoms with van der Waals surface area (Å²) in [5, 5.41) is 10.2. The van der Waals surface area contributed by atoms with Gasteiger partial charge < -0.3 is 14.7 Å². The largest absolute Gasteiger partial charge is 0.481 e. The molecule has 142 valence electrons. The molecule has 4 rings (SSSR count). The van der Waals surface area contributed by atoms with E-state index in [2.05, 4.69) is 9.88 Å². The van der Waals surface area contributed by atoms with Crippen LogP contribution in [-0.4, -0.2) is 65.7 Å². The van der Waals surface area contributed by atoms with E-state index < -0.39 is 0 Å². The second kappa shape index (κ2) is 7.29. The van der Waals surface area contributed by atoms with Crippen LogP contribution in [0.3, 0.4) is 0 Å². The van der Waals surface area contributed by atoms with Crippen LogP contribution in [0.5, 0.6) is 5.88 Å². The van der Waals surface area contributed by atoms with Gasteiger partial charge in [-0.2, -0.15) is 0 Å². The lowest BCUT2D eigenvalue weighted by Crippen LogP contribution is -2.38. The van der Waals surface area contributed by atoms with Crippen molar-refractivity contribution in [3.63, 3.8) is 0 Å². The van der Waals surface area contributed by atoms with Gasteiger partial charge in [0.25, 0.3) is 5.91 Å². The first-order valence-electron chi connectivity index (χ1n) is 9.31. The maximum atomic E-state index is 12.8. The SMILES string of the molecule is COc1cccc(CN2C[C@H]3CN(C(=O)c4ccccc4)C[C@@]3(CO)C2)n1. The number of pyridine rings is 1. The minimum atomic E-state index is -0.247. The molecule has 0 aliphatic carbocycles. The monoisotopic (exact) mass is 367 g/mol. The van der Waals surface area contributed by atoms with Crippen LogP contribution in [0.1, 0.15) is 16.1 Å².